The van der Waals surface area contributed by atoms with E-state index in [4.69, 9.17) is 4.98 Å². The molecule has 0 radical (unpaired) electrons. The SMILES string of the molecule is c1ccc(-c2nc3cc(-c4ccc5c(c4)-c4ccc6ccccc6c4Sc4ccccc4-c4ccccc4-c4ccccc4-5)ccc3n2-c2ccccc2)cc1. The smallest absolute Gasteiger partial charge is 0.145 e. The van der Waals surface area contributed by atoms with Crippen LogP contribution in [-0.2, 0) is 0 Å². The third-order valence-corrected chi connectivity index (χ3v) is 12.3. The molecule has 56 heavy (non-hydrogen) atoms. The molecule has 0 aliphatic carbocycles. The minimum Gasteiger partial charge on any atom is -0.292 e. The van der Waals surface area contributed by atoms with Crippen LogP contribution in [0.1, 0.15) is 0 Å². The molecule has 1 aliphatic heterocycles. The first-order valence-corrected chi connectivity index (χ1v) is 19.9. The van der Waals surface area contributed by atoms with Crippen LogP contribution in [0.5, 0.6) is 0 Å². The lowest BCUT2D eigenvalue weighted by atomic mass is 9.85. The second-order valence-electron chi connectivity index (χ2n) is 14.3. The van der Waals surface area contributed by atoms with E-state index in [0.29, 0.717) is 0 Å². The van der Waals surface area contributed by atoms with Crippen molar-refractivity contribution in [2.45, 2.75) is 9.79 Å². The number of benzene rings is 9. The van der Waals surface area contributed by atoms with Crippen molar-refractivity contribution in [3.8, 4) is 72.7 Å². The van der Waals surface area contributed by atoms with E-state index in [2.05, 4.69) is 211 Å². The van der Waals surface area contributed by atoms with Gasteiger partial charge in [0.15, 0.2) is 0 Å². The molecule has 0 atom stereocenters. The summed E-state index contributed by atoms with van der Waals surface area (Å²) in [5, 5.41) is 2.49. The fourth-order valence-electron chi connectivity index (χ4n) is 8.42. The molecule has 1 aromatic heterocycles. The van der Waals surface area contributed by atoms with Gasteiger partial charge in [0.05, 0.1) is 11.0 Å². The minimum atomic E-state index is 0.931. The molecule has 0 fully saturated rings. The summed E-state index contributed by atoms with van der Waals surface area (Å²) >= 11 is 1.87. The summed E-state index contributed by atoms with van der Waals surface area (Å²) in [6.45, 7) is 0. The summed E-state index contributed by atoms with van der Waals surface area (Å²) < 4.78 is 2.27. The van der Waals surface area contributed by atoms with E-state index in [1.165, 1.54) is 65.1 Å². The summed E-state index contributed by atoms with van der Waals surface area (Å²) in [6.07, 6.45) is 0. The van der Waals surface area contributed by atoms with E-state index in [1.54, 1.807) is 0 Å². The fourth-order valence-corrected chi connectivity index (χ4v) is 9.66. The molecule has 0 amide bonds. The van der Waals surface area contributed by atoms with Gasteiger partial charge in [-0.3, -0.25) is 4.57 Å². The Morgan fingerprint density at radius 3 is 1.68 bits per heavy atom. The van der Waals surface area contributed by atoms with Crippen molar-refractivity contribution in [1.82, 2.24) is 9.55 Å². The van der Waals surface area contributed by atoms with E-state index in [9.17, 15) is 0 Å². The van der Waals surface area contributed by atoms with Gasteiger partial charge in [0.25, 0.3) is 0 Å². The molecule has 11 rings (SSSR count). The Kier molecular flexibility index (Phi) is 7.78. The molecule has 10 aromatic rings. The zero-order valence-corrected chi connectivity index (χ0v) is 31.2. The number of rotatable bonds is 3. The number of fused-ring (bicyclic) bond motifs is 12. The van der Waals surface area contributed by atoms with E-state index in [1.807, 2.05) is 11.8 Å². The van der Waals surface area contributed by atoms with Gasteiger partial charge >= 0.3 is 0 Å². The summed E-state index contributed by atoms with van der Waals surface area (Å²) in [5.74, 6) is 0.931. The van der Waals surface area contributed by atoms with Crippen LogP contribution < -0.4 is 0 Å². The summed E-state index contributed by atoms with van der Waals surface area (Å²) in [4.78, 5) is 7.79. The largest absolute Gasteiger partial charge is 0.292 e. The van der Waals surface area contributed by atoms with E-state index in [0.717, 1.165) is 39.2 Å². The molecule has 3 heteroatoms. The Hall–Kier alpha value is -6.94. The van der Waals surface area contributed by atoms with Gasteiger partial charge in [-0.05, 0) is 103 Å². The van der Waals surface area contributed by atoms with Gasteiger partial charge in [-0.25, -0.2) is 4.98 Å². The maximum absolute atomic E-state index is 5.30. The first kappa shape index (κ1) is 32.5. The number of hydrogen-bond donors (Lipinski definition) is 0. The lowest BCUT2D eigenvalue weighted by Crippen LogP contribution is -1.97. The third kappa shape index (κ3) is 5.39. The molecular formula is C53H34N2S. The third-order valence-electron chi connectivity index (χ3n) is 11.0. The lowest BCUT2D eigenvalue weighted by molar-refractivity contribution is 1.10. The maximum atomic E-state index is 5.30. The Morgan fingerprint density at radius 2 is 0.929 bits per heavy atom. The van der Waals surface area contributed by atoms with Crippen LogP contribution in [0.2, 0.25) is 0 Å². The molecule has 0 bridgehead atoms. The molecule has 0 saturated carbocycles. The van der Waals surface area contributed by atoms with Crippen molar-refractivity contribution in [3.05, 3.63) is 206 Å². The van der Waals surface area contributed by atoms with Gasteiger partial charge in [0.2, 0.25) is 0 Å². The Morgan fingerprint density at radius 1 is 0.375 bits per heavy atom. The second kappa shape index (κ2) is 13.4. The predicted molar refractivity (Wildman–Crippen MR) is 235 cm³/mol. The normalized spacial score (nSPS) is 11.9. The zero-order chi connectivity index (χ0) is 37.0. The molecule has 0 N–H and O–H groups in total. The molecule has 2 heterocycles. The highest BCUT2D eigenvalue weighted by Crippen LogP contribution is 2.50. The van der Waals surface area contributed by atoms with E-state index in [-0.39, 0.29) is 0 Å². The van der Waals surface area contributed by atoms with Crippen LogP contribution in [0.15, 0.2) is 216 Å². The average Bonchev–Trinajstić information content (AvgIpc) is 3.66. The highest BCUT2D eigenvalue weighted by atomic mass is 32.2. The number of aromatic nitrogens is 2. The van der Waals surface area contributed by atoms with Crippen molar-refractivity contribution in [1.29, 1.82) is 0 Å². The molecular weight excluding hydrogens is 697 g/mol. The molecule has 1 aliphatic rings. The van der Waals surface area contributed by atoms with Crippen LogP contribution in [0.3, 0.4) is 0 Å². The van der Waals surface area contributed by atoms with Gasteiger partial charge in [-0.1, -0.05) is 182 Å². The highest BCUT2D eigenvalue weighted by molar-refractivity contribution is 7.99. The van der Waals surface area contributed by atoms with Crippen molar-refractivity contribution in [3.63, 3.8) is 0 Å². The summed E-state index contributed by atoms with van der Waals surface area (Å²) in [7, 11) is 0. The molecule has 2 nitrogen and oxygen atoms in total. The second-order valence-corrected chi connectivity index (χ2v) is 15.3. The summed E-state index contributed by atoms with van der Waals surface area (Å²) in [5.41, 5.74) is 16.3. The number of hydrogen-bond acceptors (Lipinski definition) is 2. The molecule has 0 spiro atoms. The zero-order valence-electron chi connectivity index (χ0n) is 30.4. The van der Waals surface area contributed by atoms with E-state index >= 15 is 0 Å². The van der Waals surface area contributed by atoms with Crippen LogP contribution in [-0.4, -0.2) is 9.55 Å². The van der Waals surface area contributed by atoms with Crippen LogP contribution >= 0.6 is 11.8 Å². The topological polar surface area (TPSA) is 17.8 Å². The quantitative estimate of drug-likeness (QED) is 0.180. The monoisotopic (exact) mass is 730 g/mol. The predicted octanol–water partition coefficient (Wildman–Crippen LogP) is 14.6. The summed E-state index contributed by atoms with van der Waals surface area (Å²) in [6, 6.07) is 74.8. The van der Waals surface area contributed by atoms with Gasteiger partial charge in [-0.2, -0.15) is 0 Å². The molecule has 262 valence electrons. The van der Waals surface area contributed by atoms with Gasteiger partial charge in [-0.15, -0.1) is 0 Å². The van der Waals surface area contributed by atoms with Crippen molar-refractivity contribution in [2.24, 2.45) is 0 Å². The fraction of sp³-hybridized carbons (Fsp3) is 0. The van der Waals surface area contributed by atoms with Crippen LogP contribution in [0.25, 0.3) is 94.5 Å². The van der Waals surface area contributed by atoms with E-state index < -0.39 is 0 Å². The maximum Gasteiger partial charge on any atom is 0.145 e. The molecule has 9 aromatic carbocycles. The first-order valence-electron chi connectivity index (χ1n) is 19.0. The van der Waals surface area contributed by atoms with Crippen LogP contribution in [0, 0.1) is 0 Å². The van der Waals surface area contributed by atoms with Gasteiger partial charge < -0.3 is 0 Å². The number of nitrogens with zero attached hydrogens (tertiary/aromatic N) is 2. The first-order chi connectivity index (χ1) is 27.8. The van der Waals surface area contributed by atoms with Crippen LogP contribution in [0.4, 0.5) is 0 Å². The minimum absolute atomic E-state index is 0.931. The van der Waals surface area contributed by atoms with Crippen molar-refractivity contribution in [2.75, 3.05) is 0 Å². The lowest BCUT2D eigenvalue weighted by Gasteiger charge is -2.19. The van der Waals surface area contributed by atoms with Crippen molar-refractivity contribution >= 4 is 33.6 Å². The molecule has 0 saturated heterocycles. The van der Waals surface area contributed by atoms with Crippen molar-refractivity contribution < 1.29 is 0 Å². The Labute approximate surface area is 330 Å². The Balaban J connectivity index is 1.18. The number of para-hydroxylation sites is 1. The van der Waals surface area contributed by atoms with Gasteiger partial charge in [0, 0.05) is 21.0 Å². The standard InChI is InChI=1S/C53H34N2S/c1-3-16-36(17-4-1)53-54-49-34-38(29-32-50(49)55(53)39-18-5-2-6-19-39)37-28-30-45-43-23-10-9-21-41(43)42-22-11-12-24-44(42)46-25-13-14-26-51(46)56-52-40-20-8-7-15-35(40)27-31-47(52)48(45)33-37/h1-34H. The average molecular weight is 731 g/mol. The number of imidazole rings is 1. The van der Waals surface area contributed by atoms with Gasteiger partial charge in [0.1, 0.15) is 5.82 Å². The highest BCUT2D eigenvalue weighted by Gasteiger charge is 2.23. The Bertz CT molecular complexity index is 3110. The molecule has 0 unspecified atom stereocenters.